The van der Waals surface area contributed by atoms with Crippen LogP contribution >= 0.6 is 0 Å². The summed E-state index contributed by atoms with van der Waals surface area (Å²) in [7, 11) is 0. The molecule has 7 nitrogen and oxygen atoms in total. The molecule has 2 aromatic rings. The molecule has 0 heterocycles. The van der Waals surface area contributed by atoms with Crippen molar-refractivity contribution in [2.45, 2.75) is 45.3 Å². The first kappa shape index (κ1) is 27.0. The summed E-state index contributed by atoms with van der Waals surface area (Å²) >= 11 is 0. The molecule has 0 aliphatic heterocycles. The number of rotatable bonds is 8. The summed E-state index contributed by atoms with van der Waals surface area (Å²) in [5.74, 6) is -0.517. The van der Waals surface area contributed by atoms with Gasteiger partial charge in [-0.25, -0.2) is 4.79 Å². The van der Waals surface area contributed by atoms with Crippen LogP contribution < -0.4 is 15.4 Å². The van der Waals surface area contributed by atoms with Crippen LogP contribution in [-0.4, -0.2) is 37.0 Å². The van der Waals surface area contributed by atoms with Crippen molar-refractivity contribution in [3.63, 3.8) is 0 Å². The van der Waals surface area contributed by atoms with Crippen molar-refractivity contribution >= 4 is 23.5 Å². The molecule has 2 aromatic carbocycles. The van der Waals surface area contributed by atoms with E-state index in [2.05, 4.69) is 24.5 Å². The first-order valence-corrected chi connectivity index (χ1v) is 11.7. The third-order valence-corrected chi connectivity index (χ3v) is 6.32. The summed E-state index contributed by atoms with van der Waals surface area (Å²) < 4.78 is 48.8. The molecule has 0 radical (unpaired) electrons. The minimum atomic E-state index is -4.52. The normalized spacial score (nSPS) is 19.8. The van der Waals surface area contributed by atoms with Gasteiger partial charge in [-0.05, 0) is 60.7 Å². The van der Waals surface area contributed by atoms with E-state index in [1.54, 1.807) is 0 Å². The van der Waals surface area contributed by atoms with E-state index >= 15 is 0 Å². The zero-order valence-corrected chi connectivity index (χ0v) is 20.1. The topological polar surface area (TPSA) is 93.7 Å². The molecule has 1 aliphatic carbocycles. The molecular weight excluding hydrogens is 477 g/mol. The molecule has 0 spiro atoms. The van der Waals surface area contributed by atoms with Crippen LogP contribution in [0.5, 0.6) is 5.75 Å². The molecule has 1 aliphatic rings. The number of carbonyl (C=O) groups is 3. The number of alkyl halides is 3. The van der Waals surface area contributed by atoms with Gasteiger partial charge in [0.2, 0.25) is 0 Å². The van der Waals surface area contributed by atoms with Crippen molar-refractivity contribution < 1.29 is 37.0 Å². The van der Waals surface area contributed by atoms with Crippen LogP contribution in [0.2, 0.25) is 0 Å². The van der Waals surface area contributed by atoms with Gasteiger partial charge in [-0.15, -0.1) is 0 Å². The second-order valence-electron chi connectivity index (χ2n) is 8.96. The monoisotopic (exact) mass is 506 g/mol. The fraction of sp³-hybridized carbons (Fsp3) is 0.423. The molecule has 3 rings (SSSR count). The minimum Gasteiger partial charge on any atom is -0.484 e. The van der Waals surface area contributed by atoms with Gasteiger partial charge in [-0.2, -0.15) is 13.2 Å². The lowest BCUT2D eigenvalue weighted by Crippen LogP contribution is -2.45. The van der Waals surface area contributed by atoms with Crippen molar-refractivity contribution in [1.29, 1.82) is 0 Å². The van der Waals surface area contributed by atoms with Crippen LogP contribution in [0.3, 0.4) is 0 Å². The Labute approximate surface area is 207 Å². The van der Waals surface area contributed by atoms with E-state index in [9.17, 15) is 27.6 Å². The van der Waals surface area contributed by atoms with Gasteiger partial charge in [0.1, 0.15) is 5.75 Å². The molecule has 0 unspecified atom stereocenters. The van der Waals surface area contributed by atoms with Gasteiger partial charge in [0.05, 0.1) is 11.1 Å². The molecule has 1 fully saturated rings. The zero-order valence-electron chi connectivity index (χ0n) is 20.1. The van der Waals surface area contributed by atoms with E-state index in [-0.39, 0.29) is 35.6 Å². The smallest absolute Gasteiger partial charge is 0.416 e. The Balaban J connectivity index is 1.43. The Bertz CT molecular complexity index is 1070. The van der Waals surface area contributed by atoms with Crippen molar-refractivity contribution in [3.05, 3.63) is 59.7 Å². The number of hydrogen-bond donors (Lipinski definition) is 2. The summed E-state index contributed by atoms with van der Waals surface area (Å²) in [4.78, 5) is 36.5. The molecule has 10 heteroatoms. The second-order valence-corrected chi connectivity index (χ2v) is 8.96. The van der Waals surface area contributed by atoms with Crippen LogP contribution in [0.25, 0.3) is 0 Å². The number of benzene rings is 2. The van der Waals surface area contributed by atoms with E-state index in [0.717, 1.165) is 31.4 Å². The molecule has 3 atom stereocenters. The summed E-state index contributed by atoms with van der Waals surface area (Å²) in [6.07, 6.45) is -1.42. The van der Waals surface area contributed by atoms with Gasteiger partial charge in [-0.3, -0.25) is 9.59 Å². The van der Waals surface area contributed by atoms with Crippen molar-refractivity contribution in [3.8, 4) is 5.75 Å². The Morgan fingerprint density at radius 2 is 1.69 bits per heavy atom. The van der Waals surface area contributed by atoms with Crippen molar-refractivity contribution in [2.75, 3.05) is 18.5 Å². The number of ether oxygens (including phenoxy) is 2. The number of nitrogens with one attached hydrogen (secondary N) is 2. The molecular formula is C26H29F3N2O5. The summed E-state index contributed by atoms with van der Waals surface area (Å²) in [5, 5.41) is 5.28. The lowest BCUT2D eigenvalue weighted by Gasteiger charge is -2.34. The van der Waals surface area contributed by atoms with E-state index in [4.69, 9.17) is 9.47 Å². The first-order valence-electron chi connectivity index (χ1n) is 11.7. The third-order valence-electron chi connectivity index (χ3n) is 6.32. The fourth-order valence-electron chi connectivity index (χ4n) is 4.06. The number of carbonyl (C=O) groups excluding carboxylic acids is 3. The van der Waals surface area contributed by atoms with Crippen LogP contribution in [0.15, 0.2) is 48.5 Å². The second kappa shape index (κ2) is 11.9. The van der Waals surface area contributed by atoms with E-state index in [1.807, 2.05) is 0 Å². The SMILES string of the molecule is C[C@H]1[C@H](C)CCC[C@H]1NC(=O)COC(=O)c1ccc(OCC(=O)Nc2cccc(C(F)(F)F)c2)cc1. The average molecular weight is 507 g/mol. The van der Waals surface area contributed by atoms with Gasteiger partial charge in [-0.1, -0.05) is 32.8 Å². The molecule has 2 amide bonds. The standard InChI is InChI=1S/C26H29F3N2O5/c1-16-5-3-8-22(17(16)2)31-24(33)15-36-25(34)18-9-11-21(12-10-18)35-14-23(32)30-20-7-4-6-19(13-20)26(27,28)29/h4,6-7,9-13,16-17,22H,3,5,8,14-15H2,1-2H3,(H,30,32)(H,31,33)/t16-,17+,22-/m1/s1. The van der Waals surface area contributed by atoms with Crippen LogP contribution in [0.4, 0.5) is 18.9 Å². The van der Waals surface area contributed by atoms with Gasteiger partial charge in [0.25, 0.3) is 11.8 Å². The van der Waals surface area contributed by atoms with Gasteiger partial charge in [0, 0.05) is 11.7 Å². The maximum Gasteiger partial charge on any atom is 0.416 e. The highest BCUT2D eigenvalue weighted by atomic mass is 19.4. The predicted octanol–water partition coefficient (Wildman–Crippen LogP) is 4.82. The van der Waals surface area contributed by atoms with E-state index in [1.165, 1.54) is 36.4 Å². The van der Waals surface area contributed by atoms with Crippen LogP contribution in [-0.2, 0) is 20.5 Å². The molecule has 2 N–H and O–H groups in total. The number of hydrogen-bond acceptors (Lipinski definition) is 5. The number of esters is 1. The zero-order chi connectivity index (χ0) is 26.3. The molecule has 36 heavy (non-hydrogen) atoms. The Morgan fingerprint density at radius 1 is 0.972 bits per heavy atom. The molecule has 0 bridgehead atoms. The molecule has 0 saturated heterocycles. The lowest BCUT2D eigenvalue weighted by molar-refractivity contribution is -0.137. The highest BCUT2D eigenvalue weighted by Crippen LogP contribution is 2.31. The fourth-order valence-corrected chi connectivity index (χ4v) is 4.06. The first-order chi connectivity index (χ1) is 17.0. The van der Waals surface area contributed by atoms with Gasteiger partial charge >= 0.3 is 12.1 Å². The highest BCUT2D eigenvalue weighted by Gasteiger charge is 2.30. The van der Waals surface area contributed by atoms with E-state index < -0.39 is 30.2 Å². The Hall–Kier alpha value is -3.56. The largest absolute Gasteiger partial charge is 0.484 e. The predicted molar refractivity (Wildman–Crippen MR) is 126 cm³/mol. The summed E-state index contributed by atoms with van der Waals surface area (Å²) in [5.41, 5.74) is -0.685. The Kier molecular flexibility index (Phi) is 8.95. The summed E-state index contributed by atoms with van der Waals surface area (Å²) in [6, 6.07) is 10.1. The van der Waals surface area contributed by atoms with Gasteiger partial charge < -0.3 is 20.1 Å². The maximum atomic E-state index is 12.8. The van der Waals surface area contributed by atoms with Crippen molar-refractivity contribution in [2.24, 2.45) is 11.8 Å². The number of halogens is 3. The van der Waals surface area contributed by atoms with Crippen LogP contribution in [0, 0.1) is 11.8 Å². The summed E-state index contributed by atoms with van der Waals surface area (Å²) in [6.45, 7) is 3.45. The maximum absolute atomic E-state index is 12.8. The molecule has 0 aromatic heterocycles. The quantitative estimate of drug-likeness (QED) is 0.501. The van der Waals surface area contributed by atoms with Gasteiger partial charge in [0.15, 0.2) is 13.2 Å². The minimum absolute atomic E-state index is 0.00647. The number of anilines is 1. The average Bonchev–Trinajstić information content (AvgIpc) is 2.84. The lowest BCUT2D eigenvalue weighted by atomic mass is 9.78. The van der Waals surface area contributed by atoms with Crippen molar-refractivity contribution in [1.82, 2.24) is 5.32 Å². The molecule has 1 saturated carbocycles. The Morgan fingerprint density at radius 3 is 2.39 bits per heavy atom. The third kappa shape index (κ3) is 7.73. The molecule has 194 valence electrons. The van der Waals surface area contributed by atoms with E-state index in [0.29, 0.717) is 11.8 Å². The van der Waals surface area contributed by atoms with Crippen LogP contribution in [0.1, 0.15) is 49.0 Å². The highest BCUT2D eigenvalue weighted by molar-refractivity contribution is 5.92. The number of amides is 2.